The first-order chi connectivity index (χ1) is 13.4. The first-order valence-electron chi connectivity index (χ1n) is 8.59. The third-order valence-electron chi connectivity index (χ3n) is 4.23. The van der Waals surface area contributed by atoms with Crippen molar-refractivity contribution in [1.82, 2.24) is 10.3 Å². The number of aromatic nitrogens is 1. The third-order valence-corrected chi connectivity index (χ3v) is 4.23. The Kier molecular flexibility index (Phi) is 5.59. The van der Waals surface area contributed by atoms with E-state index in [-0.39, 0.29) is 18.5 Å². The van der Waals surface area contributed by atoms with Crippen LogP contribution in [-0.4, -0.2) is 27.8 Å². The minimum atomic E-state index is -0.931. The molecule has 0 saturated heterocycles. The molecular formula is C20H18N4O4. The van der Waals surface area contributed by atoms with E-state index < -0.39 is 22.8 Å². The molecule has 2 amide bonds. The number of pyridine rings is 1. The van der Waals surface area contributed by atoms with Gasteiger partial charge in [0, 0.05) is 29.6 Å². The number of nitrogens with two attached hydrogens (primary N) is 1. The Labute approximate surface area is 160 Å². The zero-order chi connectivity index (χ0) is 20.1. The van der Waals surface area contributed by atoms with E-state index in [0.29, 0.717) is 11.3 Å². The van der Waals surface area contributed by atoms with Crippen molar-refractivity contribution in [2.45, 2.75) is 18.9 Å². The highest BCUT2D eigenvalue weighted by molar-refractivity contribution is 5.88. The van der Waals surface area contributed by atoms with Crippen molar-refractivity contribution in [2.24, 2.45) is 5.73 Å². The second-order valence-electron chi connectivity index (χ2n) is 6.33. The molecule has 142 valence electrons. The zero-order valence-corrected chi connectivity index (χ0v) is 14.9. The van der Waals surface area contributed by atoms with Crippen LogP contribution in [0.1, 0.15) is 11.3 Å². The SMILES string of the molecule is NC(=O)[C@@H](Cc1ccc2ccccc2n1)NC(=O)Cc1cccc([N+](=O)[O-])c1. The fourth-order valence-corrected chi connectivity index (χ4v) is 2.86. The van der Waals surface area contributed by atoms with E-state index in [2.05, 4.69) is 10.3 Å². The van der Waals surface area contributed by atoms with Gasteiger partial charge >= 0.3 is 0 Å². The summed E-state index contributed by atoms with van der Waals surface area (Å²) in [6, 6.07) is 16.1. The van der Waals surface area contributed by atoms with Crippen LogP contribution in [0.5, 0.6) is 0 Å². The summed E-state index contributed by atoms with van der Waals surface area (Å²) in [5.74, 6) is -1.13. The van der Waals surface area contributed by atoms with E-state index in [1.54, 1.807) is 12.1 Å². The first kappa shape index (κ1) is 19.0. The number of nitrogens with one attached hydrogen (secondary N) is 1. The summed E-state index contributed by atoms with van der Waals surface area (Å²) in [5, 5.41) is 14.4. The van der Waals surface area contributed by atoms with Crippen LogP contribution in [-0.2, 0) is 22.4 Å². The lowest BCUT2D eigenvalue weighted by molar-refractivity contribution is -0.384. The number of nitro groups is 1. The molecule has 1 heterocycles. The van der Waals surface area contributed by atoms with Gasteiger partial charge in [0.1, 0.15) is 6.04 Å². The lowest BCUT2D eigenvalue weighted by atomic mass is 10.1. The van der Waals surface area contributed by atoms with Crippen LogP contribution in [0, 0.1) is 10.1 Å². The number of para-hydroxylation sites is 1. The normalized spacial score (nSPS) is 11.7. The number of hydrogen-bond donors (Lipinski definition) is 2. The lowest BCUT2D eigenvalue weighted by Gasteiger charge is -2.15. The standard InChI is InChI=1S/C20H18N4O4/c21-20(26)18(12-15-9-8-14-5-1-2-7-17(14)22-15)23-19(25)11-13-4-3-6-16(10-13)24(27)28/h1-10,18H,11-12H2,(H2,21,26)(H,23,25)/t18-/m1/s1. The van der Waals surface area contributed by atoms with Gasteiger partial charge in [-0.25, -0.2) is 0 Å². The molecule has 3 N–H and O–H groups in total. The van der Waals surface area contributed by atoms with Crippen LogP contribution in [0.3, 0.4) is 0 Å². The van der Waals surface area contributed by atoms with Crippen molar-refractivity contribution in [1.29, 1.82) is 0 Å². The molecule has 8 nitrogen and oxygen atoms in total. The maximum Gasteiger partial charge on any atom is 0.269 e. The summed E-state index contributed by atoms with van der Waals surface area (Å²) in [7, 11) is 0. The lowest BCUT2D eigenvalue weighted by Crippen LogP contribution is -2.46. The molecule has 0 fully saturated rings. The Morgan fingerprint density at radius 2 is 1.89 bits per heavy atom. The highest BCUT2D eigenvalue weighted by Gasteiger charge is 2.20. The van der Waals surface area contributed by atoms with Gasteiger partial charge in [0.25, 0.3) is 5.69 Å². The van der Waals surface area contributed by atoms with Gasteiger partial charge in [0.05, 0.1) is 16.9 Å². The fraction of sp³-hybridized carbons (Fsp3) is 0.150. The molecule has 0 saturated carbocycles. The molecule has 2 aromatic carbocycles. The molecule has 0 bridgehead atoms. The average Bonchev–Trinajstić information content (AvgIpc) is 2.67. The van der Waals surface area contributed by atoms with Crippen molar-refractivity contribution in [3.05, 3.63) is 82.0 Å². The summed E-state index contributed by atoms with van der Waals surface area (Å²) >= 11 is 0. The number of fused-ring (bicyclic) bond motifs is 1. The summed E-state index contributed by atoms with van der Waals surface area (Å²) < 4.78 is 0. The monoisotopic (exact) mass is 378 g/mol. The summed E-state index contributed by atoms with van der Waals surface area (Å²) in [6.07, 6.45) is 0.0530. The van der Waals surface area contributed by atoms with Gasteiger partial charge in [-0.2, -0.15) is 0 Å². The van der Waals surface area contributed by atoms with Crippen molar-refractivity contribution < 1.29 is 14.5 Å². The Hall–Kier alpha value is -3.81. The number of carbonyl (C=O) groups excluding carboxylic acids is 2. The van der Waals surface area contributed by atoms with Crippen LogP contribution in [0.2, 0.25) is 0 Å². The Morgan fingerprint density at radius 1 is 1.11 bits per heavy atom. The molecule has 1 aromatic heterocycles. The van der Waals surface area contributed by atoms with E-state index in [1.807, 2.05) is 30.3 Å². The van der Waals surface area contributed by atoms with Crippen molar-refractivity contribution in [3.8, 4) is 0 Å². The molecule has 1 atom stereocenters. The average molecular weight is 378 g/mol. The smallest absolute Gasteiger partial charge is 0.269 e. The first-order valence-corrected chi connectivity index (χ1v) is 8.59. The van der Waals surface area contributed by atoms with E-state index >= 15 is 0 Å². The summed E-state index contributed by atoms with van der Waals surface area (Å²) in [6.45, 7) is 0. The van der Waals surface area contributed by atoms with Crippen molar-refractivity contribution >= 4 is 28.4 Å². The number of amides is 2. The van der Waals surface area contributed by atoms with Crippen LogP contribution in [0.4, 0.5) is 5.69 Å². The van der Waals surface area contributed by atoms with Gasteiger partial charge < -0.3 is 11.1 Å². The fourth-order valence-electron chi connectivity index (χ4n) is 2.86. The molecule has 0 aliphatic heterocycles. The number of hydrogen-bond acceptors (Lipinski definition) is 5. The van der Waals surface area contributed by atoms with Gasteiger partial charge in [-0.3, -0.25) is 24.7 Å². The predicted octanol–water partition coefficient (Wildman–Crippen LogP) is 1.90. The second kappa shape index (κ2) is 8.26. The highest BCUT2D eigenvalue weighted by atomic mass is 16.6. The van der Waals surface area contributed by atoms with Gasteiger partial charge in [-0.05, 0) is 17.7 Å². The number of non-ortho nitro benzene ring substituents is 1. The zero-order valence-electron chi connectivity index (χ0n) is 14.9. The molecule has 0 aliphatic rings. The Bertz CT molecular complexity index is 1050. The second-order valence-corrected chi connectivity index (χ2v) is 6.33. The van der Waals surface area contributed by atoms with E-state index in [0.717, 1.165) is 10.9 Å². The molecule has 8 heteroatoms. The van der Waals surface area contributed by atoms with Crippen LogP contribution in [0.25, 0.3) is 10.9 Å². The van der Waals surface area contributed by atoms with Gasteiger partial charge in [-0.15, -0.1) is 0 Å². The number of benzene rings is 2. The molecular weight excluding hydrogens is 360 g/mol. The Balaban J connectivity index is 1.69. The van der Waals surface area contributed by atoms with Crippen LogP contribution in [0.15, 0.2) is 60.7 Å². The van der Waals surface area contributed by atoms with Gasteiger partial charge in [0.2, 0.25) is 11.8 Å². The maximum absolute atomic E-state index is 12.3. The largest absolute Gasteiger partial charge is 0.368 e. The minimum Gasteiger partial charge on any atom is -0.368 e. The minimum absolute atomic E-state index is 0.0999. The van der Waals surface area contributed by atoms with Crippen LogP contribution >= 0.6 is 0 Å². The molecule has 28 heavy (non-hydrogen) atoms. The molecule has 3 rings (SSSR count). The molecule has 0 unspecified atom stereocenters. The summed E-state index contributed by atoms with van der Waals surface area (Å²) in [4.78, 5) is 38.9. The predicted molar refractivity (Wildman–Crippen MR) is 103 cm³/mol. The number of nitro benzene ring substituents is 1. The quantitative estimate of drug-likeness (QED) is 0.479. The number of carbonyl (C=O) groups is 2. The van der Waals surface area contributed by atoms with Gasteiger partial charge in [0.15, 0.2) is 0 Å². The molecule has 0 radical (unpaired) electrons. The van der Waals surface area contributed by atoms with E-state index in [1.165, 1.54) is 18.2 Å². The highest BCUT2D eigenvalue weighted by Crippen LogP contribution is 2.14. The number of nitrogens with zero attached hydrogens (tertiary/aromatic N) is 2. The van der Waals surface area contributed by atoms with Crippen LogP contribution < -0.4 is 11.1 Å². The number of rotatable bonds is 7. The van der Waals surface area contributed by atoms with E-state index in [4.69, 9.17) is 5.73 Å². The molecule has 3 aromatic rings. The Morgan fingerprint density at radius 3 is 2.64 bits per heavy atom. The van der Waals surface area contributed by atoms with E-state index in [9.17, 15) is 19.7 Å². The third kappa shape index (κ3) is 4.67. The molecule has 0 spiro atoms. The molecule has 0 aliphatic carbocycles. The van der Waals surface area contributed by atoms with Crippen molar-refractivity contribution in [2.75, 3.05) is 0 Å². The topological polar surface area (TPSA) is 128 Å². The van der Waals surface area contributed by atoms with Crippen molar-refractivity contribution in [3.63, 3.8) is 0 Å². The maximum atomic E-state index is 12.3. The number of primary amides is 1. The van der Waals surface area contributed by atoms with Gasteiger partial charge in [-0.1, -0.05) is 36.4 Å². The summed E-state index contributed by atoms with van der Waals surface area (Å²) in [5.41, 5.74) is 7.21.